The van der Waals surface area contributed by atoms with Gasteiger partial charge in [0.2, 0.25) is 0 Å². The van der Waals surface area contributed by atoms with Gasteiger partial charge >= 0.3 is 11.9 Å². The van der Waals surface area contributed by atoms with E-state index >= 15 is 0 Å². The molecule has 0 aromatic rings. The lowest BCUT2D eigenvalue weighted by Gasteiger charge is -2.37. The highest BCUT2D eigenvalue weighted by Gasteiger charge is 2.26. The van der Waals surface area contributed by atoms with Crippen LogP contribution >= 0.6 is 12.4 Å². The first-order valence-corrected chi connectivity index (χ1v) is 6.22. The predicted molar refractivity (Wildman–Crippen MR) is 75.8 cm³/mol. The van der Waals surface area contributed by atoms with Crippen LogP contribution in [0.15, 0.2) is 12.2 Å². The molecule has 0 amide bonds. The van der Waals surface area contributed by atoms with Gasteiger partial charge in [-0.25, -0.2) is 9.59 Å². The van der Waals surface area contributed by atoms with Crippen LogP contribution < -0.4 is 0 Å². The van der Waals surface area contributed by atoms with E-state index in [1.807, 2.05) is 13.8 Å². The third-order valence-electron chi connectivity index (χ3n) is 2.71. The molecule has 0 unspecified atom stereocenters. The number of ether oxygens (including phenoxy) is 3. The molecule has 0 bridgehead atoms. The minimum atomic E-state index is -0.577. The van der Waals surface area contributed by atoms with E-state index in [4.69, 9.17) is 9.47 Å². The molecule has 1 aliphatic heterocycles. The van der Waals surface area contributed by atoms with Gasteiger partial charge < -0.3 is 14.2 Å². The summed E-state index contributed by atoms with van der Waals surface area (Å²) >= 11 is 0. The van der Waals surface area contributed by atoms with Crippen molar-refractivity contribution in [3.8, 4) is 0 Å². The summed E-state index contributed by atoms with van der Waals surface area (Å²) in [6.45, 7) is 7.34. The van der Waals surface area contributed by atoms with Crippen molar-refractivity contribution in [3.63, 3.8) is 0 Å². The van der Waals surface area contributed by atoms with Crippen molar-refractivity contribution in [1.82, 2.24) is 4.90 Å². The lowest BCUT2D eigenvalue weighted by molar-refractivity contribution is -0.140. The number of rotatable bonds is 5. The largest absolute Gasteiger partial charge is 0.466 e. The fourth-order valence-corrected chi connectivity index (χ4v) is 1.83. The average Bonchev–Trinajstić information content (AvgIpc) is 2.34. The minimum absolute atomic E-state index is 0. The summed E-state index contributed by atoms with van der Waals surface area (Å²) in [6.07, 6.45) is 2.11. The Morgan fingerprint density at radius 3 is 2.55 bits per heavy atom. The molecule has 0 saturated carbocycles. The summed E-state index contributed by atoms with van der Waals surface area (Å²) in [4.78, 5) is 24.2. The Hall–Kier alpha value is -1.11. The van der Waals surface area contributed by atoms with Crippen LogP contribution in [0.2, 0.25) is 0 Å². The Morgan fingerprint density at radius 2 is 1.95 bits per heavy atom. The molecule has 0 aromatic carbocycles. The summed E-state index contributed by atoms with van der Waals surface area (Å²) < 4.78 is 14.9. The van der Waals surface area contributed by atoms with E-state index in [0.29, 0.717) is 19.8 Å². The molecule has 1 fully saturated rings. The number of carbonyl (C=O) groups excluding carboxylic acids is 2. The van der Waals surface area contributed by atoms with Crippen LogP contribution in [0.25, 0.3) is 0 Å². The molecule has 0 aliphatic carbocycles. The fourth-order valence-electron chi connectivity index (χ4n) is 1.83. The summed E-state index contributed by atoms with van der Waals surface area (Å²) in [5.41, 5.74) is -0.160. The summed E-state index contributed by atoms with van der Waals surface area (Å²) in [7, 11) is 1.25. The van der Waals surface area contributed by atoms with Crippen LogP contribution in [0.4, 0.5) is 0 Å². The maximum Gasteiger partial charge on any atom is 0.331 e. The molecule has 1 heterocycles. The Bertz CT molecular complexity index is 357. The van der Waals surface area contributed by atoms with Gasteiger partial charge in [-0.05, 0) is 13.8 Å². The first-order valence-electron chi connectivity index (χ1n) is 6.22. The molecule has 0 atom stereocenters. The summed E-state index contributed by atoms with van der Waals surface area (Å²) in [5.74, 6) is -1.12. The highest BCUT2D eigenvalue weighted by Crippen LogP contribution is 2.15. The number of hydrogen-bond acceptors (Lipinski definition) is 6. The number of morpholine rings is 1. The number of halogens is 1. The predicted octanol–water partition coefficient (Wildman–Crippen LogP) is 0.791. The number of carbonyl (C=O) groups is 2. The van der Waals surface area contributed by atoms with E-state index in [-0.39, 0.29) is 18.0 Å². The van der Waals surface area contributed by atoms with Gasteiger partial charge in [0, 0.05) is 31.8 Å². The molecule has 0 N–H and O–H groups in total. The van der Waals surface area contributed by atoms with E-state index in [2.05, 4.69) is 9.64 Å². The Labute approximate surface area is 125 Å². The number of methoxy groups -OCH3 is 1. The van der Waals surface area contributed by atoms with Crippen molar-refractivity contribution >= 4 is 24.3 Å². The SMILES string of the molecule is COC(=O)C=CC(=O)OCCN1CCOC(C)(C)C1.Cl. The van der Waals surface area contributed by atoms with E-state index in [1.54, 1.807) is 0 Å². The van der Waals surface area contributed by atoms with E-state index < -0.39 is 11.9 Å². The number of hydrogen-bond donors (Lipinski definition) is 0. The molecular formula is C13H22ClNO5. The molecule has 1 aliphatic rings. The lowest BCUT2D eigenvalue weighted by Crippen LogP contribution is -2.49. The van der Waals surface area contributed by atoms with Crippen molar-refractivity contribution in [3.05, 3.63) is 12.2 Å². The molecule has 1 rings (SSSR count). The van der Waals surface area contributed by atoms with Gasteiger partial charge in [-0.1, -0.05) is 0 Å². The zero-order valence-electron chi connectivity index (χ0n) is 12.1. The second-order valence-corrected chi connectivity index (χ2v) is 4.91. The minimum Gasteiger partial charge on any atom is -0.466 e. The molecule has 7 heteroatoms. The Kier molecular flexibility index (Phi) is 8.45. The van der Waals surface area contributed by atoms with Crippen LogP contribution in [0.5, 0.6) is 0 Å². The van der Waals surface area contributed by atoms with Gasteiger partial charge in [0.1, 0.15) is 6.61 Å². The summed E-state index contributed by atoms with van der Waals surface area (Å²) in [6, 6.07) is 0. The second kappa shape index (κ2) is 8.94. The highest BCUT2D eigenvalue weighted by atomic mass is 35.5. The van der Waals surface area contributed by atoms with Crippen LogP contribution in [-0.2, 0) is 23.8 Å². The average molecular weight is 308 g/mol. The van der Waals surface area contributed by atoms with Gasteiger partial charge in [-0.15, -0.1) is 12.4 Å². The third kappa shape index (κ3) is 7.47. The van der Waals surface area contributed by atoms with Crippen molar-refractivity contribution < 1.29 is 23.8 Å². The van der Waals surface area contributed by atoms with Gasteiger partial charge in [0.25, 0.3) is 0 Å². The molecule has 1 saturated heterocycles. The van der Waals surface area contributed by atoms with Crippen molar-refractivity contribution in [1.29, 1.82) is 0 Å². The number of nitrogens with zero attached hydrogens (tertiary/aromatic N) is 1. The van der Waals surface area contributed by atoms with Gasteiger partial charge in [-0.2, -0.15) is 0 Å². The quantitative estimate of drug-likeness (QED) is 0.553. The topological polar surface area (TPSA) is 65.1 Å². The van der Waals surface area contributed by atoms with Crippen molar-refractivity contribution in [2.45, 2.75) is 19.4 Å². The van der Waals surface area contributed by atoms with Crippen LogP contribution in [0.1, 0.15) is 13.8 Å². The van der Waals surface area contributed by atoms with E-state index in [0.717, 1.165) is 25.2 Å². The molecule has 20 heavy (non-hydrogen) atoms. The smallest absolute Gasteiger partial charge is 0.331 e. The Balaban J connectivity index is 0.00000361. The fraction of sp³-hybridized carbons (Fsp3) is 0.692. The second-order valence-electron chi connectivity index (χ2n) is 4.91. The van der Waals surface area contributed by atoms with E-state index in [1.165, 1.54) is 7.11 Å². The van der Waals surface area contributed by atoms with Crippen LogP contribution in [0.3, 0.4) is 0 Å². The monoisotopic (exact) mass is 307 g/mol. The molecular weight excluding hydrogens is 286 g/mol. The first kappa shape index (κ1) is 18.9. The molecule has 0 aromatic heterocycles. The lowest BCUT2D eigenvalue weighted by atomic mass is 10.1. The Morgan fingerprint density at radius 1 is 1.30 bits per heavy atom. The van der Waals surface area contributed by atoms with Gasteiger partial charge in [0.05, 0.1) is 19.3 Å². The number of esters is 2. The van der Waals surface area contributed by atoms with Crippen molar-refractivity contribution in [2.75, 3.05) is 40.0 Å². The van der Waals surface area contributed by atoms with Gasteiger partial charge in [0.15, 0.2) is 0 Å². The van der Waals surface area contributed by atoms with Crippen LogP contribution in [-0.4, -0.2) is 62.4 Å². The normalized spacial score (nSPS) is 18.4. The zero-order chi connectivity index (χ0) is 14.3. The molecule has 0 radical (unpaired) electrons. The van der Waals surface area contributed by atoms with Gasteiger partial charge in [-0.3, -0.25) is 4.90 Å². The molecule has 116 valence electrons. The molecule has 6 nitrogen and oxygen atoms in total. The standard InChI is InChI=1S/C13H21NO5.ClH/c1-13(2)10-14(7-9-19-13)6-8-18-12(16)5-4-11(15)17-3;/h4-5H,6-10H2,1-3H3;1H. The maximum absolute atomic E-state index is 11.3. The van der Waals surface area contributed by atoms with Crippen LogP contribution in [0, 0.1) is 0 Å². The molecule has 0 spiro atoms. The van der Waals surface area contributed by atoms with E-state index in [9.17, 15) is 9.59 Å². The summed E-state index contributed by atoms with van der Waals surface area (Å²) in [5, 5.41) is 0. The third-order valence-corrected chi connectivity index (χ3v) is 2.71. The van der Waals surface area contributed by atoms with Crippen molar-refractivity contribution in [2.24, 2.45) is 0 Å². The maximum atomic E-state index is 11.3. The first-order chi connectivity index (χ1) is 8.93. The highest BCUT2D eigenvalue weighted by molar-refractivity contribution is 5.91. The zero-order valence-corrected chi connectivity index (χ0v) is 12.9.